The van der Waals surface area contributed by atoms with Crippen LogP contribution in [-0.2, 0) is 10.0 Å². The Bertz CT molecular complexity index is 1040. The number of hydrogen-bond donors (Lipinski definition) is 2. The molecule has 0 aliphatic heterocycles. The summed E-state index contributed by atoms with van der Waals surface area (Å²) in [7, 11) is -3.85. The van der Waals surface area contributed by atoms with Crippen molar-refractivity contribution in [1.29, 1.82) is 0 Å². The first-order chi connectivity index (χ1) is 11.4. The van der Waals surface area contributed by atoms with Gasteiger partial charge in [-0.2, -0.15) is 0 Å². The monoisotopic (exact) mass is 340 g/mol. The number of fused-ring (bicyclic) bond motifs is 1. The van der Waals surface area contributed by atoms with Gasteiger partial charge in [0.15, 0.2) is 0 Å². The molecule has 3 aromatic rings. The van der Waals surface area contributed by atoms with Gasteiger partial charge in [-0.15, -0.1) is 0 Å². The molecule has 0 atom stereocenters. The third kappa shape index (κ3) is 3.02. The van der Waals surface area contributed by atoms with Crippen LogP contribution in [-0.4, -0.2) is 14.3 Å². The fourth-order valence-electron chi connectivity index (χ4n) is 2.65. The van der Waals surface area contributed by atoms with Gasteiger partial charge in [-0.25, -0.2) is 13.6 Å². The number of amides is 1. The summed E-state index contributed by atoms with van der Waals surface area (Å²) in [6.07, 6.45) is 0. The zero-order chi connectivity index (χ0) is 17.3. The van der Waals surface area contributed by atoms with Crippen LogP contribution in [0.5, 0.6) is 0 Å². The van der Waals surface area contributed by atoms with Crippen molar-refractivity contribution in [3.8, 4) is 0 Å². The lowest BCUT2D eigenvalue weighted by atomic mass is 10.1. The molecule has 3 aromatic carbocycles. The van der Waals surface area contributed by atoms with Gasteiger partial charge < -0.3 is 5.32 Å². The predicted molar refractivity (Wildman–Crippen MR) is 94.5 cm³/mol. The summed E-state index contributed by atoms with van der Waals surface area (Å²) in [5, 5.41) is 9.21. The fraction of sp³-hybridized carbons (Fsp3) is 0.0556. The van der Waals surface area contributed by atoms with Crippen LogP contribution < -0.4 is 10.5 Å². The maximum absolute atomic E-state index is 12.5. The van der Waals surface area contributed by atoms with Crippen LogP contribution in [0.2, 0.25) is 0 Å². The second-order valence-electron chi connectivity index (χ2n) is 5.47. The first kappa shape index (κ1) is 16.2. The maximum Gasteiger partial charge on any atom is 0.255 e. The highest BCUT2D eigenvalue weighted by Crippen LogP contribution is 2.29. The zero-order valence-corrected chi connectivity index (χ0v) is 13.8. The van der Waals surface area contributed by atoms with Gasteiger partial charge in [0.05, 0.1) is 4.90 Å². The molecular formula is C18H16N2O3S. The maximum atomic E-state index is 12.5. The number of aryl methyl sites for hydroxylation is 1. The summed E-state index contributed by atoms with van der Waals surface area (Å²) < 4.78 is 23.5. The average molecular weight is 340 g/mol. The van der Waals surface area contributed by atoms with E-state index >= 15 is 0 Å². The van der Waals surface area contributed by atoms with Crippen molar-refractivity contribution in [2.24, 2.45) is 5.14 Å². The van der Waals surface area contributed by atoms with Gasteiger partial charge >= 0.3 is 0 Å². The van der Waals surface area contributed by atoms with E-state index in [0.717, 1.165) is 5.56 Å². The van der Waals surface area contributed by atoms with E-state index in [9.17, 15) is 13.2 Å². The average Bonchev–Trinajstić information content (AvgIpc) is 2.54. The van der Waals surface area contributed by atoms with E-state index < -0.39 is 10.0 Å². The summed E-state index contributed by atoms with van der Waals surface area (Å²) >= 11 is 0. The van der Waals surface area contributed by atoms with Crippen molar-refractivity contribution < 1.29 is 13.2 Å². The van der Waals surface area contributed by atoms with Crippen LogP contribution in [0.4, 0.5) is 5.69 Å². The minimum Gasteiger partial charge on any atom is -0.321 e. The van der Waals surface area contributed by atoms with Gasteiger partial charge in [0.25, 0.3) is 5.91 Å². The van der Waals surface area contributed by atoms with E-state index in [0.29, 0.717) is 22.0 Å². The number of rotatable bonds is 3. The normalized spacial score (nSPS) is 11.4. The first-order valence-corrected chi connectivity index (χ1v) is 8.84. The zero-order valence-electron chi connectivity index (χ0n) is 13.0. The van der Waals surface area contributed by atoms with Crippen LogP contribution in [0, 0.1) is 6.92 Å². The molecule has 1 amide bonds. The molecular weight excluding hydrogens is 324 g/mol. The summed E-state index contributed by atoms with van der Waals surface area (Å²) in [6, 6.07) is 17.1. The quantitative estimate of drug-likeness (QED) is 0.768. The van der Waals surface area contributed by atoms with Gasteiger partial charge in [-0.3, -0.25) is 4.79 Å². The smallest absolute Gasteiger partial charge is 0.255 e. The van der Waals surface area contributed by atoms with Crippen molar-refractivity contribution in [2.45, 2.75) is 11.8 Å². The van der Waals surface area contributed by atoms with Crippen LogP contribution in [0.15, 0.2) is 65.6 Å². The summed E-state index contributed by atoms with van der Waals surface area (Å²) in [4.78, 5) is 12.5. The van der Waals surface area contributed by atoms with Crippen molar-refractivity contribution in [3.63, 3.8) is 0 Å². The van der Waals surface area contributed by atoms with Crippen molar-refractivity contribution in [1.82, 2.24) is 0 Å². The molecule has 0 aliphatic carbocycles. The van der Waals surface area contributed by atoms with Crippen LogP contribution in [0.3, 0.4) is 0 Å². The van der Waals surface area contributed by atoms with Crippen LogP contribution in [0.25, 0.3) is 10.8 Å². The first-order valence-electron chi connectivity index (χ1n) is 7.29. The Labute approximate surface area is 140 Å². The van der Waals surface area contributed by atoms with E-state index in [1.165, 1.54) is 6.07 Å². The predicted octanol–water partition coefficient (Wildman–Crippen LogP) is 3.05. The Kier molecular flexibility index (Phi) is 4.09. The summed E-state index contributed by atoms with van der Waals surface area (Å²) in [5.74, 6) is -0.249. The fourth-order valence-corrected chi connectivity index (χ4v) is 3.39. The van der Waals surface area contributed by atoms with Gasteiger partial charge in [0.2, 0.25) is 10.0 Å². The van der Waals surface area contributed by atoms with Gasteiger partial charge in [-0.1, -0.05) is 42.5 Å². The van der Waals surface area contributed by atoms with Crippen LogP contribution >= 0.6 is 0 Å². The van der Waals surface area contributed by atoms with Crippen molar-refractivity contribution in [3.05, 3.63) is 71.8 Å². The Hall–Kier alpha value is -2.70. The molecule has 0 aliphatic rings. The second-order valence-corrected chi connectivity index (χ2v) is 7.00. The molecule has 0 saturated heterocycles. The van der Waals surface area contributed by atoms with Gasteiger partial charge in [-0.05, 0) is 30.7 Å². The lowest BCUT2D eigenvalue weighted by molar-refractivity contribution is 0.102. The third-order valence-electron chi connectivity index (χ3n) is 3.83. The number of benzene rings is 3. The van der Waals surface area contributed by atoms with Gasteiger partial charge in [0.1, 0.15) is 0 Å². The number of sulfonamides is 1. The number of carbonyl (C=O) groups is 1. The highest BCUT2D eigenvalue weighted by atomic mass is 32.2. The summed E-state index contributed by atoms with van der Waals surface area (Å²) in [6.45, 7) is 1.86. The third-order valence-corrected chi connectivity index (χ3v) is 4.80. The summed E-state index contributed by atoms with van der Waals surface area (Å²) in [5.41, 5.74) is 1.96. The molecule has 0 heterocycles. The minimum absolute atomic E-state index is 0.0343. The highest BCUT2D eigenvalue weighted by molar-refractivity contribution is 7.89. The second kappa shape index (κ2) is 6.07. The molecule has 0 bridgehead atoms. The van der Waals surface area contributed by atoms with Gasteiger partial charge in [0, 0.05) is 22.0 Å². The number of nitrogens with two attached hydrogens (primary N) is 1. The molecule has 0 saturated carbocycles. The largest absolute Gasteiger partial charge is 0.321 e. The van der Waals surface area contributed by atoms with E-state index in [-0.39, 0.29) is 10.8 Å². The highest BCUT2D eigenvalue weighted by Gasteiger charge is 2.16. The van der Waals surface area contributed by atoms with E-state index in [1.54, 1.807) is 42.5 Å². The number of nitrogens with one attached hydrogen (secondary N) is 1. The van der Waals surface area contributed by atoms with E-state index in [4.69, 9.17) is 5.14 Å². The van der Waals surface area contributed by atoms with E-state index in [2.05, 4.69) is 5.32 Å². The number of primary sulfonamides is 1. The molecule has 0 spiro atoms. The number of carbonyl (C=O) groups excluding carboxylic acids is 1. The SMILES string of the molecule is Cc1ccccc1C(=O)Nc1ccc(S(N)(=O)=O)c2ccccc12. The molecule has 0 fully saturated rings. The molecule has 6 heteroatoms. The molecule has 122 valence electrons. The molecule has 3 rings (SSSR count). The molecule has 24 heavy (non-hydrogen) atoms. The molecule has 5 nitrogen and oxygen atoms in total. The molecule has 0 aromatic heterocycles. The Morgan fingerprint density at radius 2 is 1.54 bits per heavy atom. The number of hydrogen-bond acceptors (Lipinski definition) is 3. The Balaban J connectivity index is 2.09. The number of anilines is 1. The Morgan fingerprint density at radius 3 is 2.21 bits per heavy atom. The van der Waals surface area contributed by atoms with Crippen molar-refractivity contribution >= 4 is 32.4 Å². The Morgan fingerprint density at radius 1 is 0.917 bits per heavy atom. The topological polar surface area (TPSA) is 89.3 Å². The minimum atomic E-state index is -3.85. The molecule has 3 N–H and O–H groups in total. The standard InChI is InChI=1S/C18H16N2O3S/c1-12-6-2-3-7-13(12)18(21)20-16-10-11-17(24(19,22)23)15-9-5-4-8-14(15)16/h2-11H,1H3,(H,20,21)(H2,19,22,23). The van der Waals surface area contributed by atoms with E-state index in [1.807, 2.05) is 19.1 Å². The molecule has 0 unspecified atom stereocenters. The molecule has 0 radical (unpaired) electrons. The van der Waals surface area contributed by atoms with Crippen molar-refractivity contribution in [2.75, 3.05) is 5.32 Å². The lowest BCUT2D eigenvalue weighted by Gasteiger charge is -2.12. The van der Waals surface area contributed by atoms with Crippen LogP contribution in [0.1, 0.15) is 15.9 Å². The lowest BCUT2D eigenvalue weighted by Crippen LogP contribution is -2.15.